The topological polar surface area (TPSA) is 85.2 Å². The molecule has 8 heteroatoms. The van der Waals surface area contributed by atoms with Gasteiger partial charge in [0, 0.05) is 18.0 Å². The monoisotopic (exact) mass is 450 g/mol. The number of aryl methyl sites for hydroxylation is 2. The molecular formula is C24H26N4O3S. The molecule has 166 valence electrons. The van der Waals surface area contributed by atoms with Crippen LogP contribution in [-0.2, 0) is 19.4 Å². The highest BCUT2D eigenvalue weighted by atomic mass is 32.1. The predicted molar refractivity (Wildman–Crippen MR) is 123 cm³/mol. The Labute approximate surface area is 190 Å². The summed E-state index contributed by atoms with van der Waals surface area (Å²) in [5.74, 6) is 0.0393. The zero-order chi connectivity index (χ0) is 22.6. The third-order valence-corrected chi connectivity index (χ3v) is 7.93. The molecule has 32 heavy (non-hydrogen) atoms. The maximum atomic E-state index is 13.2. The van der Waals surface area contributed by atoms with Crippen molar-refractivity contribution in [3.05, 3.63) is 56.2 Å². The van der Waals surface area contributed by atoms with Crippen LogP contribution in [0.25, 0.3) is 10.2 Å². The summed E-state index contributed by atoms with van der Waals surface area (Å²) in [6.45, 7) is 7.38. The van der Waals surface area contributed by atoms with Gasteiger partial charge in [-0.2, -0.15) is 0 Å². The number of benzene rings is 1. The van der Waals surface area contributed by atoms with E-state index < -0.39 is 0 Å². The van der Waals surface area contributed by atoms with E-state index in [1.54, 1.807) is 35.6 Å². The van der Waals surface area contributed by atoms with Crippen molar-refractivity contribution < 1.29 is 9.59 Å². The summed E-state index contributed by atoms with van der Waals surface area (Å²) in [6.07, 6.45) is 3.40. The molecule has 1 aliphatic carbocycles. The normalized spacial score (nSPS) is 18.3. The van der Waals surface area contributed by atoms with E-state index in [4.69, 9.17) is 0 Å². The second-order valence-electron chi connectivity index (χ2n) is 9.77. The first-order valence-electron chi connectivity index (χ1n) is 11.1. The van der Waals surface area contributed by atoms with Crippen LogP contribution in [0.1, 0.15) is 64.8 Å². The molecule has 1 aromatic carbocycles. The molecule has 7 nitrogen and oxygen atoms in total. The van der Waals surface area contributed by atoms with E-state index in [-0.39, 0.29) is 29.3 Å². The lowest BCUT2D eigenvalue weighted by molar-refractivity contribution is 0.0650. The molecule has 0 N–H and O–H groups in total. The van der Waals surface area contributed by atoms with Gasteiger partial charge in [-0.25, -0.2) is 4.68 Å². The largest absolute Gasteiger partial charge is 0.278 e. The van der Waals surface area contributed by atoms with E-state index >= 15 is 0 Å². The van der Waals surface area contributed by atoms with Gasteiger partial charge in [0.25, 0.3) is 17.4 Å². The molecule has 0 radical (unpaired) electrons. The fourth-order valence-corrected chi connectivity index (χ4v) is 6.07. The summed E-state index contributed by atoms with van der Waals surface area (Å²) in [4.78, 5) is 41.5. The Morgan fingerprint density at radius 3 is 2.41 bits per heavy atom. The molecule has 1 atom stereocenters. The molecule has 2 aromatic heterocycles. The number of nitrogens with zero attached hydrogens (tertiary/aromatic N) is 4. The number of amides is 2. The Morgan fingerprint density at radius 1 is 1.06 bits per heavy atom. The van der Waals surface area contributed by atoms with Gasteiger partial charge in [0.15, 0.2) is 4.83 Å². The summed E-state index contributed by atoms with van der Waals surface area (Å²) in [5.41, 5.74) is 2.14. The van der Waals surface area contributed by atoms with Gasteiger partial charge in [-0.05, 0) is 54.7 Å². The average Bonchev–Trinajstić information content (AvgIpc) is 3.25. The zero-order valence-corrected chi connectivity index (χ0v) is 19.4. The number of imide groups is 1. The highest BCUT2D eigenvalue weighted by molar-refractivity contribution is 7.18. The molecule has 2 aliphatic rings. The van der Waals surface area contributed by atoms with Crippen LogP contribution in [0.3, 0.4) is 0 Å². The Morgan fingerprint density at radius 2 is 1.75 bits per heavy atom. The van der Waals surface area contributed by atoms with E-state index in [0.717, 1.165) is 24.8 Å². The van der Waals surface area contributed by atoms with E-state index in [9.17, 15) is 14.4 Å². The first-order valence-corrected chi connectivity index (χ1v) is 11.9. The van der Waals surface area contributed by atoms with Crippen LogP contribution >= 0.6 is 11.3 Å². The van der Waals surface area contributed by atoms with Gasteiger partial charge in [-0.15, -0.1) is 16.4 Å². The minimum Gasteiger partial charge on any atom is -0.274 e. The Hall–Kier alpha value is -2.87. The molecule has 1 aliphatic heterocycles. The van der Waals surface area contributed by atoms with Crippen molar-refractivity contribution in [2.45, 2.75) is 53.0 Å². The lowest BCUT2D eigenvalue weighted by atomic mass is 9.72. The van der Waals surface area contributed by atoms with Crippen molar-refractivity contribution in [1.82, 2.24) is 19.9 Å². The molecule has 0 fully saturated rings. The zero-order valence-electron chi connectivity index (χ0n) is 18.6. The minimum absolute atomic E-state index is 0.121. The van der Waals surface area contributed by atoms with E-state index in [1.807, 2.05) is 0 Å². The van der Waals surface area contributed by atoms with Crippen LogP contribution in [-0.4, -0.2) is 38.3 Å². The third kappa shape index (κ3) is 3.37. The molecule has 0 saturated carbocycles. The summed E-state index contributed by atoms with van der Waals surface area (Å²) in [7, 11) is 0. The number of hydrogen-bond donors (Lipinski definition) is 0. The van der Waals surface area contributed by atoms with Gasteiger partial charge in [-0.3, -0.25) is 19.3 Å². The molecule has 0 saturated heterocycles. The number of carbonyl (C=O) groups excluding carboxylic acids is 2. The number of fused-ring (bicyclic) bond motifs is 4. The first kappa shape index (κ1) is 21.0. The summed E-state index contributed by atoms with van der Waals surface area (Å²) in [6, 6.07) is 6.85. The van der Waals surface area contributed by atoms with Gasteiger partial charge in [0.05, 0.1) is 16.5 Å². The fourth-order valence-electron chi connectivity index (χ4n) is 4.83. The maximum absolute atomic E-state index is 13.2. The number of rotatable bonds is 4. The average molecular weight is 451 g/mol. The second kappa shape index (κ2) is 7.62. The van der Waals surface area contributed by atoms with Crippen molar-refractivity contribution in [2.24, 2.45) is 11.3 Å². The van der Waals surface area contributed by atoms with Crippen LogP contribution in [0.5, 0.6) is 0 Å². The van der Waals surface area contributed by atoms with E-state index in [1.165, 1.54) is 14.5 Å². The van der Waals surface area contributed by atoms with Crippen LogP contribution in [0.2, 0.25) is 0 Å². The van der Waals surface area contributed by atoms with Gasteiger partial charge < -0.3 is 0 Å². The Balaban J connectivity index is 1.33. The molecule has 5 rings (SSSR count). The summed E-state index contributed by atoms with van der Waals surface area (Å²) < 4.78 is 1.38. The van der Waals surface area contributed by atoms with Crippen LogP contribution < -0.4 is 5.56 Å². The number of aromatic nitrogens is 3. The van der Waals surface area contributed by atoms with Crippen molar-refractivity contribution in [3.63, 3.8) is 0 Å². The quantitative estimate of drug-likeness (QED) is 0.566. The summed E-state index contributed by atoms with van der Waals surface area (Å²) >= 11 is 1.60. The minimum atomic E-state index is -0.278. The van der Waals surface area contributed by atoms with Gasteiger partial charge in [0.2, 0.25) is 0 Å². The predicted octanol–water partition coefficient (Wildman–Crippen LogP) is 3.69. The molecule has 2 amide bonds. The second-order valence-corrected chi connectivity index (χ2v) is 10.9. The summed E-state index contributed by atoms with van der Waals surface area (Å²) in [5, 5.41) is 9.17. The van der Waals surface area contributed by atoms with Crippen LogP contribution in [0.15, 0.2) is 29.1 Å². The van der Waals surface area contributed by atoms with Crippen LogP contribution in [0, 0.1) is 11.3 Å². The van der Waals surface area contributed by atoms with Crippen molar-refractivity contribution >= 4 is 33.4 Å². The Kier molecular flexibility index (Phi) is 5.00. The molecule has 0 spiro atoms. The fraction of sp³-hybridized carbons (Fsp3) is 0.458. The van der Waals surface area contributed by atoms with Crippen LogP contribution in [0.4, 0.5) is 0 Å². The number of thiophene rings is 1. The standard InChI is InChI=1S/C24H26N4O3S/c1-24(2,3)14-9-10-17-18(13-14)32-20-19(17)23(31)28(26-25-20)12-6-11-27-21(29)15-7-4-5-8-16(15)22(27)30/h4-5,7-8,14H,6,9-13H2,1-3H3. The lowest BCUT2D eigenvalue weighted by Crippen LogP contribution is -2.33. The molecule has 3 heterocycles. The number of hydrogen-bond acceptors (Lipinski definition) is 6. The van der Waals surface area contributed by atoms with Crippen molar-refractivity contribution in [2.75, 3.05) is 6.54 Å². The highest BCUT2D eigenvalue weighted by Gasteiger charge is 2.35. The molecule has 0 bridgehead atoms. The highest BCUT2D eigenvalue weighted by Crippen LogP contribution is 2.41. The van der Waals surface area contributed by atoms with E-state index in [0.29, 0.717) is 40.2 Å². The van der Waals surface area contributed by atoms with Crippen molar-refractivity contribution in [1.29, 1.82) is 0 Å². The smallest absolute Gasteiger partial charge is 0.274 e. The Bertz CT molecular complexity index is 1270. The molecule has 3 aromatic rings. The van der Waals surface area contributed by atoms with Gasteiger partial charge in [-0.1, -0.05) is 38.1 Å². The van der Waals surface area contributed by atoms with E-state index in [2.05, 4.69) is 31.1 Å². The van der Waals surface area contributed by atoms with Crippen molar-refractivity contribution in [3.8, 4) is 0 Å². The maximum Gasteiger partial charge on any atom is 0.278 e. The number of carbonyl (C=O) groups is 2. The first-order chi connectivity index (χ1) is 15.3. The SMILES string of the molecule is CC(C)(C)C1CCc2c(sc3nnn(CCCN4C(=O)c5ccccc5C4=O)c(=O)c23)C1. The van der Waals surface area contributed by atoms with Gasteiger partial charge >= 0.3 is 0 Å². The van der Waals surface area contributed by atoms with Gasteiger partial charge in [0.1, 0.15) is 0 Å². The third-order valence-electron chi connectivity index (χ3n) is 6.79. The molecular weight excluding hydrogens is 424 g/mol. The molecule has 1 unspecified atom stereocenters. The lowest BCUT2D eigenvalue weighted by Gasteiger charge is -2.33.